The van der Waals surface area contributed by atoms with Gasteiger partial charge < -0.3 is 15.5 Å². The second-order valence-corrected chi connectivity index (χ2v) is 7.14. The Bertz CT molecular complexity index is 261. The largest absolute Gasteiger partial charge is 0.316 e. The van der Waals surface area contributed by atoms with Gasteiger partial charge in [0, 0.05) is 19.1 Å². The third kappa shape index (κ3) is 3.46. The van der Waals surface area contributed by atoms with Gasteiger partial charge in [-0.3, -0.25) is 0 Å². The van der Waals surface area contributed by atoms with Crippen LogP contribution < -0.4 is 10.6 Å². The van der Waals surface area contributed by atoms with Crippen LogP contribution in [0.4, 0.5) is 0 Å². The average molecular weight is 251 g/mol. The van der Waals surface area contributed by atoms with Gasteiger partial charge in [-0.25, -0.2) is 0 Å². The lowest BCUT2D eigenvalue weighted by Gasteiger charge is -2.37. The Kier molecular flexibility index (Phi) is 3.92. The molecule has 2 heterocycles. The quantitative estimate of drug-likeness (QED) is 0.774. The first-order valence-corrected chi connectivity index (χ1v) is 7.90. The van der Waals surface area contributed by atoms with Crippen LogP contribution in [-0.2, 0) is 0 Å². The van der Waals surface area contributed by atoms with Crippen LogP contribution in [0.15, 0.2) is 0 Å². The van der Waals surface area contributed by atoms with E-state index in [2.05, 4.69) is 22.5 Å². The van der Waals surface area contributed by atoms with Crippen molar-refractivity contribution >= 4 is 0 Å². The van der Waals surface area contributed by atoms with E-state index >= 15 is 0 Å². The zero-order valence-electron chi connectivity index (χ0n) is 11.9. The van der Waals surface area contributed by atoms with Crippen LogP contribution in [0.1, 0.15) is 39.0 Å². The van der Waals surface area contributed by atoms with E-state index in [4.69, 9.17) is 0 Å². The molecule has 0 bridgehead atoms. The molecule has 0 amide bonds. The molecule has 1 saturated carbocycles. The summed E-state index contributed by atoms with van der Waals surface area (Å²) in [5, 5.41) is 7.28. The molecule has 1 aliphatic carbocycles. The summed E-state index contributed by atoms with van der Waals surface area (Å²) in [6.45, 7) is 10.1. The van der Waals surface area contributed by atoms with E-state index in [0.717, 1.165) is 12.0 Å². The van der Waals surface area contributed by atoms with Gasteiger partial charge in [0.2, 0.25) is 0 Å². The van der Waals surface area contributed by atoms with Crippen molar-refractivity contribution in [2.75, 3.05) is 39.3 Å². The van der Waals surface area contributed by atoms with Gasteiger partial charge in [0.1, 0.15) is 0 Å². The lowest BCUT2D eigenvalue weighted by Crippen LogP contribution is -2.46. The van der Waals surface area contributed by atoms with Gasteiger partial charge in [0.15, 0.2) is 0 Å². The van der Waals surface area contributed by atoms with Crippen molar-refractivity contribution in [2.45, 2.75) is 45.1 Å². The smallest absolute Gasteiger partial charge is 0.00915 e. The summed E-state index contributed by atoms with van der Waals surface area (Å²) in [6, 6.07) is 0.802. The van der Waals surface area contributed by atoms with Crippen molar-refractivity contribution in [3.63, 3.8) is 0 Å². The molecule has 0 aromatic rings. The first-order valence-electron chi connectivity index (χ1n) is 7.90. The van der Waals surface area contributed by atoms with Gasteiger partial charge in [-0.15, -0.1) is 0 Å². The van der Waals surface area contributed by atoms with Crippen molar-refractivity contribution in [2.24, 2.45) is 11.3 Å². The molecule has 3 rings (SSSR count). The predicted octanol–water partition coefficient (Wildman–Crippen LogP) is 1.45. The molecule has 3 fully saturated rings. The van der Waals surface area contributed by atoms with E-state index < -0.39 is 0 Å². The van der Waals surface area contributed by atoms with E-state index in [1.165, 1.54) is 71.4 Å². The molecule has 1 unspecified atom stereocenters. The van der Waals surface area contributed by atoms with Crippen molar-refractivity contribution < 1.29 is 0 Å². The van der Waals surface area contributed by atoms with Crippen molar-refractivity contribution in [1.82, 2.24) is 15.5 Å². The molecule has 0 radical (unpaired) electrons. The first kappa shape index (κ1) is 12.9. The molecule has 3 heteroatoms. The lowest BCUT2D eigenvalue weighted by molar-refractivity contribution is 0.137. The van der Waals surface area contributed by atoms with E-state index in [1.54, 1.807) is 0 Å². The van der Waals surface area contributed by atoms with Gasteiger partial charge in [-0.1, -0.05) is 6.92 Å². The van der Waals surface area contributed by atoms with Crippen molar-refractivity contribution in [1.29, 1.82) is 0 Å². The summed E-state index contributed by atoms with van der Waals surface area (Å²) in [4.78, 5) is 2.70. The fourth-order valence-corrected chi connectivity index (χ4v) is 3.49. The highest BCUT2D eigenvalue weighted by Crippen LogP contribution is 2.29. The van der Waals surface area contributed by atoms with Gasteiger partial charge in [-0.05, 0) is 69.6 Å². The second kappa shape index (κ2) is 5.48. The van der Waals surface area contributed by atoms with Crippen LogP contribution in [0.3, 0.4) is 0 Å². The summed E-state index contributed by atoms with van der Waals surface area (Å²) < 4.78 is 0. The number of hydrogen-bond donors (Lipinski definition) is 2. The average Bonchev–Trinajstić information content (AvgIpc) is 3.11. The molecule has 0 aromatic heterocycles. The number of nitrogens with zero attached hydrogens (tertiary/aromatic N) is 1. The first-order chi connectivity index (χ1) is 8.73. The lowest BCUT2D eigenvalue weighted by atomic mass is 9.88. The summed E-state index contributed by atoms with van der Waals surface area (Å²) in [5.41, 5.74) is 0.536. The Hall–Kier alpha value is -0.120. The zero-order valence-corrected chi connectivity index (χ0v) is 11.9. The highest BCUT2D eigenvalue weighted by Gasteiger charge is 2.32. The van der Waals surface area contributed by atoms with E-state index in [0.29, 0.717) is 5.41 Å². The topological polar surface area (TPSA) is 27.3 Å². The van der Waals surface area contributed by atoms with Gasteiger partial charge in [0.25, 0.3) is 0 Å². The van der Waals surface area contributed by atoms with Gasteiger partial charge >= 0.3 is 0 Å². The summed E-state index contributed by atoms with van der Waals surface area (Å²) in [7, 11) is 0. The number of nitrogens with one attached hydrogen (secondary N) is 2. The number of hydrogen-bond acceptors (Lipinski definition) is 3. The highest BCUT2D eigenvalue weighted by molar-refractivity contribution is 4.89. The molecule has 1 atom stereocenters. The minimum atomic E-state index is 0.536. The number of likely N-dealkylation sites (tertiary alicyclic amines) is 1. The Labute approximate surface area is 112 Å². The molecule has 104 valence electrons. The second-order valence-electron chi connectivity index (χ2n) is 7.14. The normalized spacial score (nSPS) is 35.2. The molecule has 0 spiro atoms. The summed E-state index contributed by atoms with van der Waals surface area (Å²) in [5.74, 6) is 1.02. The Morgan fingerprint density at radius 1 is 1.22 bits per heavy atom. The summed E-state index contributed by atoms with van der Waals surface area (Å²) in [6.07, 6.45) is 7.01. The summed E-state index contributed by atoms with van der Waals surface area (Å²) >= 11 is 0. The SMILES string of the molecule is CC1(CN2CCC(NCC3CC3)CC2)CCNC1. The minimum absolute atomic E-state index is 0.536. The van der Waals surface area contributed by atoms with E-state index in [-0.39, 0.29) is 0 Å². The molecular weight excluding hydrogens is 222 g/mol. The Morgan fingerprint density at radius 2 is 2.00 bits per heavy atom. The van der Waals surface area contributed by atoms with Crippen LogP contribution in [0.25, 0.3) is 0 Å². The third-order valence-corrected chi connectivity index (χ3v) is 5.04. The molecule has 18 heavy (non-hydrogen) atoms. The minimum Gasteiger partial charge on any atom is -0.316 e. The fourth-order valence-electron chi connectivity index (χ4n) is 3.49. The van der Waals surface area contributed by atoms with Crippen LogP contribution in [-0.4, -0.2) is 50.2 Å². The van der Waals surface area contributed by atoms with E-state index in [9.17, 15) is 0 Å². The third-order valence-electron chi connectivity index (χ3n) is 5.04. The molecule has 3 aliphatic rings. The molecule has 3 nitrogen and oxygen atoms in total. The maximum Gasteiger partial charge on any atom is 0.00915 e. The molecule has 2 aliphatic heterocycles. The molecule has 0 aromatic carbocycles. The molecule has 2 saturated heterocycles. The van der Waals surface area contributed by atoms with Crippen LogP contribution in [0.5, 0.6) is 0 Å². The Morgan fingerprint density at radius 3 is 2.61 bits per heavy atom. The van der Waals surface area contributed by atoms with Crippen molar-refractivity contribution in [3.8, 4) is 0 Å². The maximum absolute atomic E-state index is 3.77. The fraction of sp³-hybridized carbons (Fsp3) is 1.00. The highest BCUT2D eigenvalue weighted by atomic mass is 15.2. The van der Waals surface area contributed by atoms with Crippen molar-refractivity contribution in [3.05, 3.63) is 0 Å². The van der Waals surface area contributed by atoms with E-state index in [1.807, 2.05) is 0 Å². The molecular formula is C15H29N3. The van der Waals surface area contributed by atoms with Crippen LogP contribution in [0.2, 0.25) is 0 Å². The van der Waals surface area contributed by atoms with Crippen LogP contribution >= 0.6 is 0 Å². The monoisotopic (exact) mass is 251 g/mol. The standard InChI is InChI=1S/C15H29N3/c1-15(6-7-16-11-15)12-18-8-4-14(5-9-18)17-10-13-2-3-13/h13-14,16-17H,2-12H2,1H3. The number of rotatable bonds is 5. The number of piperidine rings is 1. The Balaban J connectivity index is 1.36. The molecule has 2 N–H and O–H groups in total. The van der Waals surface area contributed by atoms with Gasteiger partial charge in [-0.2, -0.15) is 0 Å². The predicted molar refractivity (Wildman–Crippen MR) is 75.8 cm³/mol. The zero-order chi connectivity index (χ0) is 12.4. The van der Waals surface area contributed by atoms with Crippen LogP contribution in [0, 0.1) is 11.3 Å². The van der Waals surface area contributed by atoms with Gasteiger partial charge in [0.05, 0.1) is 0 Å². The maximum atomic E-state index is 3.77.